The number of amides is 2. The van der Waals surface area contributed by atoms with Crippen LogP contribution < -0.4 is 10.6 Å². The van der Waals surface area contributed by atoms with Gasteiger partial charge < -0.3 is 15.1 Å². The van der Waals surface area contributed by atoms with Gasteiger partial charge in [-0.05, 0) is 30.2 Å². The second-order valence-corrected chi connectivity index (χ2v) is 6.97. The Bertz CT molecular complexity index is 873. The summed E-state index contributed by atoms with van der Waals surface area (Å²) < 4.78 is 5.08. The van der Waals surface area contributed by atoms with Crippen molar-refractivity contribution in [2.75, 3.05) is 5.32 Å². The van der Waals surface area contributed by atoms with Crippen LogP contribution in [0.1, 0.15) is 24.4 Å². The molecule has 0 unspecified atom stereocenters. The summed E-state index contributed by atoms with van der Waals surface area (Å²) in [5.74, 6) is -0.609. The van der Waals surface area contributed by atoms with Crippen LogP contribution in [-0.4, -0.2) is 22.8 Å². The zero-order valence-corrected chi connectivity index (χ0v) is 15.2. The molecule has 1 aromatic carbocycles. The zero-order valence-electron chi connectivity index (χ0n) is 14.4. The summed E-state index contributed by atoms with van der Waals surface area (Å²) >= 11 is 1.53. The Labute approximate surface area is 155 Å². The van der Waals surface area contributed by atoms with Crippen LogP contribution in [0.25, 0.3) is 10.6 Å². The third-order valence-electron chi connectivity index (χ3n) is 3.79. The van der Waals surface area contributed by atoms with Crippen molar-refractivity contribution in [3.63, 3.8) is 0 Å². The number of nitrogens with one attached hydrogen (secondary N) is 2. The van der Waals surface area contributed by atoms with E-state index in [0.717, 1.165) is 10.6 Å². The summed E-state index contributed by atoms with van der Waals surface area (Å²) in [5, 5.41) is 8.38. The Morgan fingerprint density at radius 1 is 1.19 bits per heavy atom. The molecule has 0 aliphatic heterocycles. The minimum absolute atomic E-state index is 0.0870. The fourth-order valence-electron chi connectivity index (χ4n) is 2.47. The van der Waals surface area contributed by atoms with Gasteiger partial charge in [0, 0.05) is 22.8 Å². The zero-order chi connectivity index (χ0) is 18.5. The maximum atomic E-state index is 12.7. The lowest BCUT2D eigenvalue weighted by Crippen LogP contribution is -2.47. The molecule has 2 heterocycles. The number of nitrogens with zero attached hydrogens (tertiary/aromatic N) is 1. The van der Waals surface area contributed by atoms with E-state index in [-0.39, 0.29) is 17.6 Å². The van der Waals surface area contributed by atoms with Crippen LogP contribution in [0.3, 0.4) is 0 Å². The Balaban J connectivity index is 1.72. The van der Waals surface area contributed by atoms with Crippen molar-refractivity contribution in [2.45, 2.75) is 19.9 Å². The Morgan fingerprint density at radius 3 is 2.69 bits per heavy atom. The average Bonchev–Trinajstić information content (AvgIpc) is 3.32. The lowest BCUT2D eigenvalue weighted by atomic mass is 10.0. The number of carbonyl (C=O) groups is 2. The van der Waals surface area contributed by atoms with Gasteiger partial charge in [0.2, 0.25) is 5.91 Å². The summed E-state index contributed by atoms with van der Waals surface area (Å²) in [7, 11) is 0. The van der Waals surface area contributed by atoms with E-state index in [4.69, 9.17) is 4.42 Å². The molecule has 1 atom stereocenters. The molecule has 0 aliphatic carbocycles. The van der Waals surface area contributed by atoms with Crippen LogP contribution >= 0.6 is 11.3 Å². The standard InChI is InChI=1S/C19H19N3O3S/c1-12(2)16(22-17(23)15-7-4-9-25-15)18(24)21-14-6-3-5-13(11-14)19-20-8-10-26-19/h3-12,16H,1-2H3,(H,21,24)(H,22,23)/t16-/m0/s1. The Hall–Kier alpha value is -2.93. The predicted octanol–water partition coefficient (Wildman–Crippen LogP) is 3.80. The first-order valence-corrected chi connectivity index (χ1v) is 9.07. The van der Waals surface area contributed by atoms with Gasteiger partial charge in [0.15, 0.2) is 5.76 Å². The first-order chi connectivity index (χ1) is 12.5. The van der Waals surface area contributed by atoms with E-state index < -0.39 is 11.9 Å². The summed E-state index contributed by atoms with van der Waals surface area (Å²) in [5.41, 5.74) is 1.58. The maximum Gasteiger partial charge on any atom is 0.287 e. The molecule has 0 bridgehead atoms. The molecule has 0 saturated carbocycles. The smallest absolute Gasteiger partial charge is 0.287 e. The summed E-state index contributed by atoms with van der Waals surface area (Å²) in [6.07, 6.45) is 3.16. The molecule has 2 amide bonds. The summed E-state index contributed by atoms with van der Waals surface area (Å²) in [4.78, 5) is 29.2. The maximum absolute atomic E-state index is 12.7. The van der Waals surface area contributed by atoms with Crippen LogP contribution in [0.5, 0.6) is 0 Å². The molecule has 3 aromatic rings. The van der Waals surface area contributed by atoms with Gasteiger partial charge in [-0.15, -0.1) is 11.3 Å². The molecule has 0 spiro atoms. The van der Waals surface area contributed by atoms with E-state index in [9.17, 15) is 9.59 Å². The van der Waals surface area contributed by atoms with Crippen molar-refractivity contribution >= 4 is 28.8 Å². The van der Waals surface area contributed by atoms with Gasteiger partial charge in [-0.3, -0.25) is 9.59 Å². The third-order valence-corrected chi connectivity index (χ3v) is 4.61. The van der Waals surface area contributed by atoms with Gasteiger partial charge in [0.1, 0.15) is 11.0 Å². The van der Waals surface area contributed by atoms with Gasteiger partial charge in [-0.1, -0.05) is 26.0 Å². The number of thiazole rings is 1. The quantitative estimate of drug-likeness (QED) is 0.692. The molecule has 7 heteroatoms. The molecule has 2 N–H and O–H groups in total. The monoisotopic (exact) mass is 369 g/mol. The van der Waals surface area contributed by atoms with Crippen LogP contribution in [0.4, 0.5) is 5.69 Å². The Kier molecular flexibility index (Phi) is 5.48. The minimum atomic E-state index is -0.684. The SMILES string of the molecule is CC(C)[C@H](NC(=O)c1ccco1)C(=O)Nc1cccc(-c2nccs2)c1. The first-order valence-electron chi connectivity index (χ1n) is 8.20. The van der Waals surface area contributed by atoms with Crippen molar-refractivity contribution in [2.24, 2.45) is 5.92 Å². The van der Waals surface area contributed by atoms with E-state index >= 15 is 0 Å². The topological polar surface area (TPSA) is 84.2 Å². The number of aromatic nitrogens is 1. The minimum Gasteiger partial charge on any atom is -0.459 e. The first kappa shape index (κ1) is 17.9. The van der Waals surface area contributed by atoms with Gasteiger partial charge in [0.25, 0.3) is 5.91 Å². The van der Waals surface area contributed by atoms with Gasteiger partial charge in [-0.25, -0.2) is 4.98 Å². The second kappa shape index (κ2) is 7.97. The van der Waals surface area contributed by atoms with E-state index in [1.165, 1.54) is 17.6 Å². The summed E-state index contributed by atoms with van der Waals surface area (Å²) in [6, 6.07) is 9.97. The molecular formula is C19H19N3O3S. The van der Waals surface area contributed by atoms with Crippen LogP contribution in [0.15, 0.2) is 58.7 Å². The molecule has 0 radical (unpaired) electrons. The molecule has 3 rings (SSSR count). The Morgan fingerprint density at radius 2 is 2.04 bits per heavy atom. The van der Waals surface area contributed by atoms with Crippen molar-refractivity contribution in [1.82, 2.24) is 10.3 Å². The van der Waals surface area contributed by atoms with E-state index in [2.05, 4.69) is 15.6 Å². The molecule has 6 nitrogen and oxygen atoms in total. The number of furan rings is 1. The lowest BCUT2D eigenvalue weighted by molar-refractivity contribution is -0.118. The molecule has 2 aromatic heterocycles. The van der Waals surface area contributed by atoms with Gasteiger partial charge in [0.05, 0.1) is 6.26 Å². The number of hydrogen-bond acceptors (Lipinski definition) is 5. The highest BCUT2D eigenvalue weighted by molar-refractivity contribution is 7.13. The fourth-order valence-corrected chi connectivity index (χ4v) is 3.11. The molecule has 134 valence electrons. The third kappa shape index (κ3) is 4.18. The largest absolute Gasteiger partial charge is 0.459 e. The second-order valence-electron chi connectivity index (χ2n) is 6.08. The van der Waals surface area contributed by atoms with Crippen molar-refractivity contribution < 1.29 is 14.0 Å². The highest BCUT2D eigenvalue weighted by atomic mass is 32.1. The number of hydrogen-bond donors (Lipinski definition) is 2. The van der Waals surface area contributed by atoms with Crippen molar-refractivity contribution in [1.29, 1.82) is 0 Å². The van der Waals surface area contributed by atoms with Gasteiger partial charge in [-0.2, -0.15) is 0 Å². The summed E-state index contributed by atoms with van der Waals surface area (Å²) in [6.45, 7) is 3.75. The highest BCUT2D eigenvalue weighted by Crippen LogP contribution is 2.24. The van der Waals surface area contributed by atoms with E-state index in [1.54, 1.807) is 24.4 Å². The molecule has 0 aliphatic rings. The molecule has 0 saturated heterocycles. The number of anilines is 1. The fraction of sp³-hybridized carbons (Fsp3) is 0.211. The lowest BCUT2D eigenvalue weighted by Gasteiger charge is -2.21. The van der Waals surface area contributed by atoms with Crippen LogP contribution in [-0.2, 0) is 4.79 Å². The van der Waals surface area contributed by atoms with Crippen LogP contribution in [0, 0.1) is 5.92 Å². The number of benzene rings is 1. The van der Waals surface area contributed by atoms with Crippen LogP contribution in [0.2, 0.25) is 0 Å². The van der Waals surface area contributed by atoms with Crippen molar-refractivity contribution in [3.8, 4) is 10.6 Å². The van der Waals surface area contributed by atoms with Crippen molar-refractivity contribution in [3.05, 3.63) is 60.0 Å². The predicted molar refractivity (Wildman–Crippen MR) is 101 cm³/mol. The van der Waals surface area contributed by atoms with E-state index in [0.29, 0.717) is 5.69 Å². The number of rotatable bonds is 6. The van der Waals surface area contributed by atoms with Gasteiger partial charge >= 0.3 is 0 Å². The number of carbonyl (C=O) groups excluding carboxylic acids is 2. The molecule has 0 fully saturated rings. The highest BCUT2D eigenvalue weighted by Gasteiger charge is 2.25. The van der Waals surface area contributed by atoms with E-state index in [1.807, 2.05) is 37.4 Å². The normalized spacial score (nSPS) is 12.0. The average molecular weight is 369 g/mol. The molecular weight excluding hydrogens is 350 g/mol. The molecule has 26 heavy (non-hydrogen) atoms.